The van der Waals surface area contributed by atoms with Crippen LogP contribution in [0.3, 0.4) is 0 Å². The molecule has 0 aliphatic carbocycles. The Morgan fingerprint density at radius 3 is 2.56 bits per heavy atom. The van der Waals surface area contributed by atoms with Crippen molar-refractivity contribution in [2.45, 2.75) is 18.2 Å². The van der Waals surface area contributed by atoms with Crippen LogP contribution in [0, 0.1) is 11.8 Å². The van der Waals surface area contributed by atoms with Crippen molar-refractivity contribution in [1.29, 1.82) is 0 Å². The molecule has 10 nitrogen and oxygen atoms in total. The molecule has 0 aromatic heterocycles. The first kappa shape index (κ1) is 22.5. The van der Waals surface area contributed by atoms with E-state index in [9.17, 15) is 9.59 Å². The topological polar surface area (TPSA) is 105 Å². The number of carbonyl (C=O) groups excluding carboxylic acids is 2. The zero-order chi connectivity index (χ0) is 25.0. The van der Waals surface area contributed by atoms with E-state index < -0.39 is 23.5 Å². The molecule has 2 aromatic carbocycles. The number of ether oxygens (including phenoxy) is 6. The van der Waals surface area contributed by atoms with Crippen molar-refractivity contribution in [3.8, 4) is 28.7 Å². The van der Waals surface area contributed by atoms with E-state index in [2.05, 4.69) is 5.32 Å². The summed E-state index contributed by atoms with van der Waals surface area (Å²) in [5.74, 6) is 0.931. The van der Waals surface area contributed by atoms with Crippen LogP contribution in [0.15, 0.2) is 42.5 Å². The third-order valence-electron chi connectivity index (χ3n) is 7.22. The van der Waals surface area contributed by atoms with Gasteiger partial charge in [0.25, 0.3) is 0 Å². The Hall–Kier alpha value is -3.92. The van der Waals surface area contributed by atoms with Crippen molar-refractivity contribution in [3.05, 3.63) is 48.0 Å². The van der Waals surface area contributed by atoms with Gasteiger partial charge < -0.3 is 38.6 Å². The van der Waals surface area contributed by atoms with E-state index in [1.807, 2.05) is 30.4 Å². The first-order valence-corrected chi connectivity index (χ1v) is 11.6. The number of likely N-dealkylation sites (tertiary alicyclic amines) is 1. The number of nitrogens with one attached hydrogen (secondary N) is 1. The van der Waals surface area contributed by atoms with E-state index in [-0.39, 0.29) is 18.6 Å². The van der Waals surface area contributed by atoms with E-state index in [4.69, 9.17) is 28.4 Å². The molecule has 4 heterocycles. The number of rotatable bonds is 7. The molecule has 188 valence electrons. The summed E-state index contributed by atoms with van der Waals surface area (Å²) in [4.78, 5) is 28.8. The first-order chi connectivity index (χ1) is 17.5. The summed E-state index contributed by atoms with van der Waals surface area (Å²) >= 11 is 0. The molecule has 6 rings (SSSR count). The fraction of sp³-hybridized carbons (Fsp3) is 0.385. The minimum Gasteiger partial charge on any atom is -0.493 e. The molecule has 0 saturated carbocycles. The zero-order valence-corrected chi connectivity index (χ0v) is 20.1. The molecule has 4 atom stereocenters. The Bertz CT molecular complexity index is 1250. The Kier molecular flexibility index (Phi) is 5.22. The van der Waals surface area contributed by atoms with Gasteiger partial charge in [-0.15, -0.1) is 0 Å². The highest BCUT2D eigenvalue weighted by Gasteiger charge is 2.66. The van der Waals surface area contributed by atoms with Crippen molar-refractivity contribution < 1.29 is 38.0 Å². The predicted octanol–water partition coefficient (Wildman–Crippen LogP) is 2.36. The van der Waals surface area contributed by atoms with Gasteiger partial charge in [-0.05, 0) is 17.7 Å². The maximum Gasteiger partial charge on any atom is 0.231 e. The van der Waals surface area contributed by atoms with E-state index in [0.717, 1.165) is 5.56 Å². The third-order valence-corrected chi connectivity index (χ3v) is 7.22. The molecule has 4 aliphatic rings. The van der Waals surface area contributed by atoms with Gasteiger partial charge in [0.15, 0.2) is 23.0 Å². The van der Waals surface area contributed by atoms with Gasteiger partial charge in [0.1, 0.15) is 5.60 Å². The molecule has 2 saturated heterocycles. The lowest BCUT2D eigenvalue weighted by atomic mass is 9.77. The fourth-order valence-electron chi connectivity index (χ4n) is 5.65. The second kappa shape index (κ2) is 8.34. The summed E-state index contributed by atoms with van der Waals surface area (Å²) < 4.78 is 33.2. The summed E-state index contributed by atoms with van der Waals surface area (Å²) in [6.07, 6.45) is 3.35. The van der Waals surface area contributed by atoms with Crippen LogP contribution >= 0.6 is 0 Å². The second-order valence-electron chi connectivity index (χ2n) is 9.19. The molecule has 4 aliphatic heterocycles. The largest absolute Gasteiger partial charge is 0.493 e. The van der Waals surface area contributed by atoms with Crippen molar-refractivity contribution >= 4 is 17.5 Å². The van der Waals surface area contributed by atoms with Crippen LogP contribution in [-0.4, -0.2) is 63.1 Å². The quantitative estimate of drug-likeness (QED) is 0.585. The fourth-order valence-corrected chi connectivity index (χ4v) is 5.65. The standard InChI is InChI=1S/C26H26N2O8/c1-31-19-9-15(10-20(32-2)23(19)33-3)27-24(29)21-17-6-7-26(36-17)12-28(25(30)22(21)26)11-14-4-5-16-18(8-14)35-13-34-16/h4-10,17,21-22H,11-13H2,1-3H3,(H,27,29)/t17-,21+,22+,26-/m1/s1. The van der Waals surface area contributed by atoms with Crippen LogP contribution in [0.25, 0.3) is 0 Å². The lowest BCUT2D eigenvalue weighted by Gasteiger charge is -2.24. The van der Waals surface area contributed by atoms with E-state index in [1.165, 1.54) is 21.3 Å². The molecule has 2 amide bonds. The van der Waals surface area contributed by atoms with E-state index in [0.29, 0.717) is 47.5 Å². The van der Waals surface area contributed by atoms with Gasteiger partial charge in [-0.1, -0.05) is 18.2 Å². The van der Waals surface area contributed by atoms with E-state index >= 15 is 0 Å². The number of methoxy groups -OCH3 is 3. The number of hydrogen-bond donors (Lipinski definition) is 1. The maximum atomic E-state index is 13.6. The summed E-state index contributed by atoms with van der Waals surface area (Å²) in [7, 11) is 4.53. The van der Waals surface area contributed by atoms with Crippen molar-refractivity contribution in [2.75, 3.05) is 40.0 Å². The summed E-state index contributed by atoms with van der Waals surface area (Å²) in [6.45, 7) is 0.956. The molecular formula is C26H26N2O8. The SMILES string of the molecule is COc1cc(NC(=O)[C@@H]2[C@H]3C(=O)N(Cc4ccc5c(c4)OCO5)C[C@]34C=C[C@H]2O4)cc(OC)c1OC. The Morgan fingerprint density at radius 2 is 1.83 bits per heavy atom. The summed E-state index contributed by atoms with van der Waals surface area (Å²) in [5.41, 5.74) is 0.578. The number of hydrogen-bond acceptors (Lipinski definition) is 8. The number of anilines is 1. The molecule has 36 heavy (non-hydrogen) atoms. The minimum atomic E-state index is -0.810. The first-order valence-electron chi connectivity index (χ1n) is 11.6. The molecule has 10 heteroatoms. The smallest absolute Gasteiger partial charge is 0.231 e. The molecular weight excluding hydrogens is 468 g/mol. The molecule has 0 radical (unpaired) electrons. The van der Waals surface area contributed by atoms with Crippen LogP contribution < -0.4 is 29.0 Å². The monoisotopic (exact) mass is 494 g/mol. The molecule has 2 aromatic rings. The Morgan fingerprint density at radius 1 is 1.08 bits per heavy atom. The lowest BCUT2D eigenvalue weighted by Crippen LogP contribution is -2.41. The van der Waals surface area contributed by atoms with Gasteiger partial charge in [0, 0.05) is 24.4 Å². The van der Waals surface area contributed by atoms with Crippen LogP contribution in [0.1, 0.15) is 5.56 Å². The Labute approximate surface area is 207 Å². The molecule has 2 fully saturated rings. The van der Waals surface area contributed by atoms with Crippen LogP contribution in [0.4, 0.5) is 5.69 Å². The van der Waals surface area contributed by atoms with Gasteiger partial charge >= 0.3 is 0 Å². The van der Waals surface area contributed by atoms with Crippen LogP contribution in [0.5, 0.6) is 28.7 Å². The predicted molar refractivity (Wildman–Crippen MR) is 126 cm³/mol. The van der Waals surface area contributed by atoms with Crippen molar-refractivity contribution in [2.24, 2.45) is 11.8 Å². The van der Waals surface area contributed by atoms with Crippen molar-refractivity contribution in [3.63, 3.8) is 0 Å². The number of fused-ring (bicyclic) bond motifs is 2. The molecule has 1 spiro atoms. The zero-order valence-electron chi connectivity index (χ0n) is 20.1. The third kappa shape index (κ3) is 3.35. The summed E-state index contributed by atoms with van der Waals surface area (Å²) in [6, 6.07) is 8.94. The van der Waals surface area contributed by atoms with Gasteiger partial charge in [-0.25, -0.2) is 0 Å². The maximum absolute atomic E-state index is 13.6. The van der Waals surface area contributed by atoms with E-state index in [1.54, 1.807) is 17.0 Å². The highest BCUT2D eigenvalue weighted by Crippen LogP contribution is 2.52. The average Bonchev–Trinajstić information content (AvgIpc) is 3.64. The van der Waals surface area contributed by atoms with Gasteiger partial charge in [0.2, 0.25) is 24.4 Å². The number of benzene rings is 2. The normalized spacial score (nSPS) is 26.8. The van der Waals surface area contributed by atoms with Crippen LogP contribution in [0.2, 0.25) is 0 Å². The minimum absolute atomic E-state index is 0.107. The van der Waals surface area contributed by atoms with Gasteiger partial charge in [-0.2, -0.15) is 0 Å². The average molecular weight is 495 g/mol. The van der Waals surface area contributed by atoms with Crippen molar-refractivity contribution in [1.82, 2.24) is 4.90 Å². The van der Waals surface area contributed by atoms with Gasteiger partial charge in [0.05, 0.1) is 45.8 Å². The summed E-state index contributed by atoms with van der Waals surface area (Å²) in [5, 5.41) is 2.92. The van der Waals surface area contributed by atoms with Crippen LogP contribution in [-0.2, 0) is 20.9 Å². The molecule has 0 unspecified atom stereocenters. The Balaban J connectivity index is 1.23. The van der Waals surface area contributed by atoms with Gasteiger partial charge in [-0.3, -0.25) is 9.59 Å². The number of nitrogens with zero attached hydrogens (tertiary/aromatic N) is 1. The molecule has 2 bridgehead atoms. The lowest BCUT2D eigenvalue weighted by molar-refractivity contribution is -0.136. The highest BCUT2D eigenvalue weighted by molar-refractivity contribution is 5.99. The number of amides is 2. The highest BCUT2D eigenvalue weighted by atomic mass is 16.7. The molecule has 1 N–H and O–H groups in total. The second-order valence-corrected chi connectivity index (χ2v) is 9.19. The number of carbonyl (C=O) groups is 2.